The van der Waals surface area contributed by atoms with Gasteiger partial charge in [0.2, 0.25) is 0 Å². The molecule has 0 atom stereocenters. The second-order valence-corrected chi connectivity index (χ2v) is 7.85. The molecule has 1 aromatic carbocycles. The van der Waals surface area contributed by atoms with Gasteiger partial charge in [0.1, 0.15) is 11.4 Å². The normalized spacial score (nSPS) is 13.6. The fourth-order valence-corrected chi connectivity index (χ4v) is 2.26. The molecule has 0 saturated carbocycles. The van der Waals surface area contributed by atoms with Crippen molar-refractivity contribution in [2.24, 2.45) is 4.99 Å². The molecule has 1 radical (unpaired) electrons. The third-order valence-corrected chi connectivity index (χ3v) is 3.57. The molecule has 0 heterocycles. The van der Waals surface area contributed by atoms with E-state index in [-0.39, 0.29) is 10.8 Å². The van der Waals surface area contributed by atoms with Crippen molar-refractivity contribution in [1.82, 2.24) is 0 Å². The lowest BCUT2D eigenvalue weighted by Gasteiger charge is -2.26. The highest BCUT2D eigenvalue weighted by Gasteiger charge is 2.24. The third kappa shape index (κ3) is 4.59. The molecule has 0 unspecified atom stereocenters. The zero-order chi connectivity index (χ0) is 16.4. The number of rotatable bonds is 3. The molecular formula is C19H30NO. The fraction of sp³-hybridized carbons (Fsp3) is 0.579. The minimum absolute atomic E-state index is 0.0305. The van der Waals surface area contributed by atoms with Gasteiger partial charge in [0.15, 0.2) is 0 Å². The Bertz CT molecular complexity index is 528. The van der Waals surface area contributed by atoms with E-state index in [1.807, 2.05) is 19.9 Å². The molecule has 2 nitrogen and oxygen atoms in total. The van der Waals surface area contributed by atoms with Gasteiger partial charge in [0.05, 0.1) is 0 Å². The average Bonchev–Trinajstić information content (AvgIpc) is 2.28. The Kier molecular flexibility index (Phi) is 5.25. The molecule has 0 fully saturated rings. The Hall–Kier alpha value is -1.31. The van der Waals surface area contributed by atoms with Gasteiger partial charge in [-0.1, -0.05) is 54.5 Å². The zero-order valence-corrected chi connectivity index (χ0v) is 14.8. The molecule has 0 saturated heterocycles. The molecule has 1 rings (SSSR count). The topological polar surface area (TPSA) is 32.6 Å². The van der Waals surface area contributed by atoms with Crippen LogP contribution in [0, 0.1) is 6.42 Å². The predicted molar refractivity (Wildman–Crippen MR) is 92.9 cm³/mol. The van der Waals surface area contributed by atoms with Gasteiger partial charge in [-0.15, -0.1) is 0 Å². The number of nitrogens with zero attached hydrogens (tertiary/aromatic N) is 1. The number of benzene rings is 1. The number of aromatic hydroxyl groups is 1. The van der Waals surface area contributed by atoms with Crippen LogP contribution < -0.4 is 0 Å². The number of phenolic OH excluding ortho intramolecular Hbond substituents is 1. The summed E-state index contributed by atoms with van der Waals surface area (Å²) >= 11 is 0. The first-order chi connectivity index (χ1) is 9.46. The monoisotopic (exact) mass is 288 g/mol. The lowest BCUT2D eigenvalue weighted by Crippen LogP contribution is -2.16. The largest absolute Gasteiger partial charge is 0.505 e. The lowest BCUT2D eigenvalue weighted by atomic mass is 9.80. The van der Waals surface area contributed by atoms with Crippen molar-refractivity contribution >= 4 is 11.4 Å². The molecule has 0 spiro atoms. The van der Waals surface area contributed by atoms with Gasteiger partial charge in [-0.25, -0.2) is 0 Å². The number of aliphatic imine (C=N–C) groups is 1. The second-order valence-electron chi connectivity index (χ2n) is 7.85. The van der Waals surface area contributed by atoms with Crippen LogP contribution in [0.2, 0.25) is 0 Å². The summed E-state index contributed by atoms with van der Waals surface area (Å²) in [4.78, 5) is 4.63. The Morgan fingerprint density at radius 2 is 1.67 bits per heavy atom. The molecule has 2 heteroatoms. The first kappa shape index (κ1) is 17.7. The highest BCUT2D eigenvalue weighted by atomic mass is 16.3. The summed E-state index contributed by atoms with van der Waals surface area (Å²) in [5.74, 6) is 0.311. The summed E-state index contributed by atoms with van der Waals surface area (Å²) in [7, 11) is 0. The van der Waals surface area contributed by atoms with Gasteiger partial charge in [-0.3, -0.25) is 4.99 Å². The van der Waals surface area contributed by atoms with Crippen LogP contribution in [0.4, 0.5) is 5.69 Å². The minimum Gasteiger partial charge on any atom is -0.505 e. The van der Waals surface area contributed by atoms with Crippen molar-refractivity contribution in [2.75, 3.05) is 0 Å². The van der Waals surface area contributed by atoms with Crippen LogP contribution in [0.1, 0.15) is 72.9 Å². The van der Waals surface area contributed by atoms with Crippen LogP contribution in [0.3, 0.4) is 0 Å². The quantitative estimate of drug-likeness (QED) is 0.711. The zero-order valence-electron chi connectivity index (χ0n) is 14.8. The lowest BCUT2D eigenvalue weighted by molar-refractivity contribution is 0.446. The average molecular weight is 288 g/mol. The standard InChI is InChI=1S/C19H30NO/c1-9-10-13(2)20-16-12-14(18(3,4)5)11-15(17(16)21)19(6,7)8/h9,11-12,21H,10H2,1-8H3. The minimum atomic E-state index is -0.111. The molecule has 0 bridgehead atoms. The van der Waals surface area contributed by atoms with Gasteiger partial charge < -0.3 is 5.11 Å². The van der Waals surface area contributed by atoms with E-state index in [9.17, 15) is 5.11 Å². The predicted octanol–water partition coefficient (Wildman–Crippen LogP) is 5.69. The van der Waals surface area contributed by atoms with Crippen molar-refractivity contribution in [1.29, 1.82) is 0 Å². The van der Waals surface area contributed by atoms with Crippen LogP contribution in [-0.2, 0) is 10.8 Å². The van der Waals surface area contributed by atoms with Gasteiger partial charge in [-0.05, 0) is 42.2 Å². The smallest absolute Gasteiger partial charge is 0.144 e. The van der Waals surface area contributed by atoms with E-state index in [1.165, 1.54) is 5.56 Å². The van der Waals surface area contributed by atoms with Gasteiger partial charge in [0.25, 0.3) is 0 Å². The van der Waals surface area contributed by atoms with Gasteiger partial charge >= 0.3 is 0 Å². The van der Waals surface area contributed by atoms with Crippen LogP contribution in [0.5, 0.6) is 5.75 Å². The SMILES string of the molecule is C[CH]CC(C)=Nc1cc(C(C)(C)C)cc(C(C)(C)C)c1O. The summed E-state index contributed by atoms with van der Waals surface area (Å²) in [6.45, 7) is 16.9. The highest BCUT2D eigenvalue weighted by molar-refractivity contribution is 5.86. The summed E-state index contributed by atoms with van der Waals surface area (Å²) in [5.41, 5.74) is 3.79. The van der Waals surface area contributed by atoms with E-state index in [0.29, 0.717) is 11.4 Å². The van der Waals surface area contributed by atoms with Gasteiger partial charge in [0, 0.05) is 11.3 Å². The Morgan fingerprint density at radius 3 is 2.10 bits per heavy atom. The second kappa shape index (κ2) is 6.21. The number of hydrogen-bond donors (Lipinski definition) is 1. The van der Waals surface area contributed by atoms with Crippen LogP contribution in [0.15, 0.2) is 17.1 Å². The van der Waals surface area contributed by atoms with E-state index in [0.717, 1.165) is 17.7 Å². The van der Waals surface area contributed by atoms with E-state index in [4.69, 9.17) is 0 Å². The van der Waals surface area contributed by atoms with E-state index in [2.05, 4.69) is 59.0 Å². The van der Waals surface area contributed by atoms with Crippen LogP contribution in [-0.4, -0.2) is 10.8 Å². The van der Waals surface area contributed by atoms with E-state index >= 15 is 0 Å². The van der Waals surface area contributed by atoms with Crippen molar-refractivity contribution in [3.8, 4) is 5.75 Å². The highest BCUT2D eigenvalue weighted by Crippen LogP contribution is 2.41. The summed E-state index contributed by atoms with van der Waals surface area (Å²) < 4.78 is 0. The molecular weight excluding hydrogens is 258 g/mol. The first-order valence-corrected chi connectivity index (χ1v) is 7.66. The Balaban J connectivity index is 3.53. The molecule has 1 N–H and O–H groups in total. The number of hydrogen-bond acceptors (Lipinski definition) is 2. The summed E-state index contributed by atoms with van der Waals surface area (Å²) in [6, 6.07) is 4.14. The molecule has 1 aromatic rings. The summed E-state index contributed by atoms with van der Waals surface area (Å²) in [5, 5.41) is 10.6. The maximum Gasteiger partial charge on any atom is 0.144 e. The van der Waals surface area contributed by atoms with Crippen molar-refractivity contribution in [3.05, 3.63) is 29.7 Å². The Morgan fingerprint density at radius 1 is 1.10 bits per heavy atom. The molecule has 117 valence electrons. The van der Waals surface area contributed by atoms with Crippen molar-refractivity contribution in [3.63, 3.8) is 0 Å². The summed E-state index contributed by atoms with van der Waals surface area (Å²) in [6.07, 6.45) is 2.91. The van der Waals surface area contributed by atoms with Gasteiger partial charge in [-0.2, -0.15) is 0 Å². The maximum atomic E-state index is 10.6. The molecule has 0 aliphatic heterocycles. The van der Waals surface area contributed by atoms with E-state index < -0.39 is 0 Å². The molecule has 0 aliphatic rings. The van der Waals surface area contributed by atoms with Crippen molar-refractivity contribution < 1.29 is 5.11 Å². The Labute approximate surface area is 130 Å². The van der Waals surface area contributed by atoms with Crippen molar-refractivity contribution in [2.45, 2.75) is 72.6 Å². The fourth-order valence-electron chi connectivity index (χ4n) is 2.26. The molecule has 0 aromatic heterocycles. The molecule has 0 amide bonds. The maximum absolute atomic E-state index is 10.6. The van der Waals surface area contributed by atoms with Crippen LogP contribution >= 0.6 is 0 Å². The molecule has 21 heavy (non-hydrogen) atoms. The number of phenols is 1. The van der Waals surface area contributed by atoms with Crippen LogP contribution in [0.25, 0.3) is 0 Å². The first-order valence-electron chi connectivity index (χ1n) is 7.66. The third-order valence-electron chi connectivity index (χ3n) is 3.57. The van der Waals surface area contributed by atoms with E-state index in [1.54, 1.807) is 0 Å². The molecule has 0 aliphatic carbocycles.